The summed E-state index contributed by atoms with van der Waals surface area (Å²) in [5, 5.41) is 11.3. The molecule has 1 saturated heterocycles. The molecule has 0 aliphatic carbocycles. The molecule has 2 aliphatic heterocycles. The Bertz CT molecular complexity index is 1260. The number of carbonyl (C=O) groups is 2. The lowest BCUT2D eigenvalue weighted by Gasteiger charge is -2.25. The minimum absolute atomic E-state index is 0.0704. The highest BCUT2D eigenvalue weighted by atomic mass is 16.5. The number of rotatable bonds is 6. The summed E-state index contributed by atoms with van der Waals surface area (Å²) in [6.45, 7) is 5.03. The average Bonchev–Trinajstić information content (AvgIpc) is 3.53. The van der Waals surface area contributed by atoms with Gasteiger partial charge in [0.05, 0.1) is 17.9 Å². The van der Waals surface area contributed by atoms with Crippen molar-refractivity contribution in [2.45, 2.75) is 45.4 Å². The second-order valence-corrected chi connectivity index (χ2v) is 9.01. The zero-order valence-electron chi connectivity index (χ0n) is 19.3. The standard InChI is InChI=1S/C27H27N3O4/c1-17-4-6-19(7-5-17)24-23(25(31)20-8-9-22-21(15-20)14-18(2)34-22)26(32)27(33)30(24)12-3-11-29-13-10-28-16-29/h4-10,13,15-16,18,24,31H,3,11-12,14H2,1-2H3/t18-,24-/m0/s1. The lowest BCUT2D eigenvalue weighted by atomic mass is 9.94. The third-order valence-corrected chi connectivity index (χ3v) is 6.48. The highest BCUT2D eigenvalue weighted by Gasteiger charge is 2.45. The molecule has 3 aromatic rings. The van der Waals surface area contributed by atoms with Crippen molar-refractivity contribution in [2.75, 3.05) is 6.54 Å². The first-order valence-electron chi connectivity index (χ1n) is 11.5. The number of aliphatic hydroxyl groups excluding tert-OH is 1. The number of Topliss-reactive ketones (excluding diaryl/α,β-unsaturated/α-hetero) is 1. The SMILES string of the molecule is Cc1ccc([C@H]2C(=C(O)c3ccc4c(c3)C[C@H](C)O4)C(=O)C(=O)N2CCCn2ccnc2)cc1. The largest absolute Gasteiger partial charge is 0.507 e. The molecule has 7 heteroatoms. The first-order chi connectivity index (χ1) is 16.4. The normalized spacial score (nSPS) is 21.1. The van der Waals surface area contributed by atoms with Crippen LogP contribution in [-0.2, 0) is 22.6 Å². The van der Waals surface area contributed by atoms with Crippen molar-refractivity contribution in [1.29, 1.82) is 0 Å². The van der Waals surface area contributed by atoms with Crippen LogP contribution in [0.5, 0.6) is 5.75 Å². The van der Waals surface area contributed by atoms with Crippen LogP contribution in [-0.4, -0.2) is 43.9 Å². The Labute approximate surface area is 198 Å². The molecule has 1 fully saturated rings. The van der Waals surface area contributed by atoms with Crippen LogP contribution in [0.3, 0.4) is 0 Å². The van der Waals surface area contributed by atoms with Crippen LogP contribution in [0.4, 0.5) is 0 Å². The Morgan fingerprint density at radius 2 is 1.94 bits per heavy atom. The number of ether oxygens (including phenoxy) is 1. The Morgan fingerprint density at radius 3 is 2.68 bits per heavy atom. The van der Waals surface area contributed by atoms with E-state index in [1.54, 1.807) is 23.5 Å². The number of carbonyl (C=O) groups excluding carboxylic acids is 2. The molecule has 3 heterocycles. The van der Waals surface area contributed by atoms with E-state index in [0.29, 0.717) is 25.1 Å². The van der Waals surface area contributed by atoms with E-state index in [2.05, 4.69) is 4.98 Å². The summed E-state index contributed by atoms with van der Waals surface area (Å²) in [7, 11) is 0. The number of aromatic nitrogens is 2. The van der Waals surface area contributed by atoms with Crippen molar-refractivity contribution in [3.63, 3.8) is 0 Å². The van der Waals surface area contributed by atoms with Gasteiger partial charge in [-0.25, -0.2) is 4.98 Å². The summed E-state index contributed by atoms with van der Waals surface area (Å²) in [5.41, 5.74) is 3.51. The second kappa shape index (κ2) is 8.82. The quantitative estimate of drug-likeness (QED) is 0.343. The van der Waals surface area contributed by atoms with Crippen molar-refractivity contribution in [2.24, 2.45) is 0 Å². The number of imidazole rings is 1. The summed E-state index contributed by atoms with van der Waals surface area (Å²) < 4.78 is 7.70. The number of nitrogens with zero attached hydrogens (tertiary/aromatic N) is 3. The van der Waals surface area contributed by atoms with Crippen molar-refractivity contribution in [3.05, 3.63) is 89.0 Å². The van der Waals surface area contributed by atoms with E-state index in [1.807, 2.05) is 61.0 Å². The molecule has 2 aromatic carbocycles. The Kier molecular flexibility index (Phi) is 5.69. The highest BCUT2D eigenvalue weighted by molar-refractivity contribution is 6.46. The van der Waals surface area contributed by atoms with Crippen LogP contribution in [0, 0.1) is 6.92 Å². The van der Waals surface area contributed by atoms with Gasteiger partial charge < -0.3 is 19.3 Å². The number of hydrogen-bond acceptors (Lipinski definition) is 5. The van der Waals surface area contributed by atoms with E-state index in [1.165, 1.54) is 0 Å². The maximum Gasteiger partial charge on any atom is 0.295 e. The zero-order valence-corrected chi connectivity index (χ0v) is 19.3. The van der Waals surface area contributed by atoms with E-state index < -0.39 is 17.7 Å². The molecule has 2 atom stereocenters. The molecule has 0 spiro atoms. The van der Waals surface area contributed by atoms with Gasteiger partial charge >= 0.3 is 0 Å². The molecule has 2 aliphatic rings. The van der Waals surface area contributed by atoms with Crippen LogP contribution >= 0.6 is 0 Å². The molecule has 1 aromatic heterocycles. The molecule has 5 rings (SSSR count). The van der Waals surface area contributed by atoms with Gasteiger partial charge in [0.1, 0.15) is 17.6 Å². The fourth-order valence-corrected chi connectivity index (χ4v) is 4.77. The smallest absolute Gasteiger partial charge is 0.295 e. The van der Waals surface area contributed by atoms with E-state index in [9.17, 15) is 14.7 Å². The molecule has 34 heavy (non-hydrogen) atoms. The molecule has 7 nitrogen and oxygen atoms in total. The number of hydrogen-bond donors (Lipinski definition) is 1. The summed E-state index contributed by atoms with van der Waals surface area (Å²) in [5.74, 6) is -0.603. The van der Waals surface area contributed by atoms with Crippen LogP contribution < -0.4 is 4.74 Å². The van der Waals surface area contributed by atoms with Gasteiger partial charge in [0.15, 0.2) is 0 Å². The third kappa shape index (κ3) is 3.98. The Morgan fingerprint density at radius 1 is 1.15 bits per heavy atom. The van der Waals surface area contributed by atoms with Gasteiger partial charge in [-0.2, -0.15) is 0 Å². The minimum Gasteiger partial charge on any atom is -0.507 e. The number of aryl methyl sites for hydroxylation is 2. The lowest BCUT2D eigenvalue weighted by molar-refractivity contribution is -0.139. The monoisotopic (exact) mass is 457 g/mol. The van der Waals surface area contributed by atoms with Crippen LogP contribution in [0.1, 0.15) is 41.6 Å². The molecule has 1 N–H and O–H groups in total. The van der Waals surface area contributed by atoms with Crippen molar-refractivity contribution in [1.82, 2.24) is 14.5 Å². The fourth-order valence-electron chi connectivity index (χ4n) is 4.77. The lowest BCUT2D eigenvalue weighted by Crippen LogP contribution is -2.31. The first kappa shape index (κ1) is 21.9. The molecule has 1 amide bonds. The molecular formula is C27H27N3O4. The molecule has 0 unspecified atom stereocenters. The Hall–Kier alpha value is -3.87. The maximum absolute atomic E-state index is 13.2. The molecule has 0 bridgehead atoms. The number of aliphatic hydroxyl groups is 1. The number of ketones is 1. The molecule has 0 radical (unpaired) electrons. The number of amides is 1. The van der Waals surface area contributed by atoms with E-state index in [0.717, 1.165) is 28.9 Å². The predicted octanol–water partition coefficient (Wildman–Crippen LogP) is 4.03. The maximum atomic E-state index is 13.2. The Balaban J connectivity index is 1.52. The third-order valence-electron chi connectivity index (χ3n) is 6.48. The summed E-state index contributed by atoms with van der Waals surface area (Å²) >= 11 is 0. The van der Waals surface area contributed by atoms with Gasteiger partial charge in [-0.3, -0.25) is 9.59 Å². The van der Waals surface area contributed by atoms with E-state index in [-0.39, 0.29) is 17.4 Å². The second-order valence-electron chi connectivity index (χ2n) is 9.01. The zero-order chi connectivity index (χ0) is 23.8. The van der Waals surface area contributed by atoms with Gasteiger partial charge in [0.2, 0.25) is 0 Å². The van der Waals surface area contributed by atoms with E-state index >= 15 is 0 Å². The summed E-state index contributed by atoms with van der Waals surface area (Å²) in [6, 6.07) is 12.5. The van der Waals surface area contributed by atoms with Gasteiger partial charge in [-0.1, -0.05) is 29.8 Å². The number of benzene rings is 2. The van der Waals surface area contributed by atoms with Crippen LogP contribution in [0.2, 0.25) is 0 Å². The number of likely N-dealkylation sites (tertiary alicyclic amines) is 1. The molecular weight excluding hydrogens is 430 g/mol. The molecule has 174 valence electrons. The summed E-state index contributed by atoms with van der Waals surface area (Å²) in [4.78, 5) is 32.0. The van der Waals surface area contributed by atoms with Gasteiger partial charge in [-0.15, -0.1) is 0 Å². The van der Waals surface area contributed by atoms with Crippen molar-refractivity contribution in [3.8, 4) is 5.75 Å². The van der Waals surface area contributed by atoms with Gasteiger partial charge in [0.25, 0.3) is 11.7 Å². The molecule has 0 saturated carbocycles. The highest BCUT2D eigenvalue weighted by Crippen LogP contribution is 2.40. The number of fused-ring (bicyclic) bond motifs is 1. The van der Waals surface area contributed by atoms with Crippen molar-refractivity contribution < 1.29 is 19.4 Å². The fraction of sp³-hybridized carbons (Fsp3) is 0.296. The average molecular weight is 458 g/mol. The van der Waals surface area contributed by atoms with Gasteiger partial charge in [0, 0.05) is 37.5 Å². The summed E-state index contributed by atoms with van der Waals surface area (Å²) in [6.07, 6.45) is 6.76. The predicted molar refractivity (Wildman–Crippen MR) is 127 cm³/mol. The van der Waals surface area contributed by atoms with Crippen LogP contribution in [0.15, 0.2) is 66.8 Å². The van der Waals surface area contributed by atoms with E-state index in [4.69, 9.17) is 4.74 Å². The van der Waals surface area contributed by atoms with Gasteiger partial charge in [-0.05, 0) is 49.6 Å². The topological polar surface area (TPSA) is 84.7 Å². The van der Waals surface area contributed by atoms with Crippen LogP contribution in [0.25, 0.3) is 5.76 Å². The first-order valence-corrected chi connectivity index (χ1v) is 11.5. The van der Waals surface area contributed by atoms with Crippen molar-refractivity contribution >= 4 is 17.4 Å². The minimum atomic E-state index is -0.657.